The lowest BCUT2D eigenvalue weighted by Gasteiger charge is -2.17. The Labute approximate surface area is 116 Å². The first-order chi connectivity index (χ1) is 9.58. The van der Waals surface area contributed by atoms with Gasteiger partial charge in [0.2, 0.25) is 0 Å². The van der Waals surface area contributed by atoms with Crippen LogP contribution in [0.5, 0.6) is 0 Å². The van der Waals surface area contributed by atoms with E-state index in [9.17, 15) is 9.59 Å². The Hall–Kier alpha value is -2.63. The van der Waals surface area contributed by atoms with Gasteiger partial charge in [-0.05, 0) is 11.6 Å². The van der Waals surface area contributed by atoms with Gasteiger partial charge in [0.1, 0.15) is 5.69 Å². The van der Waals surface area contributed by atoms with E-state index < -0.39 is 12.0 Å². The smallest absolute Gasteiger partial charge is 0.305 e. The molecular weight excluding hydrogens is 258 g/mol. The Balaban J connectivity index is 2.18. The van der Waals surface area contributed by atoms with Gasteiger partial charge >= 0.3 is 5.97 Å². The zero-order valence-electron chi connectivity index (χ0n) is 11.0. The fraction of sp³-hybridized carbons (Fsp3) is 0.214. The first-order valence-corrected chi connectivity index (χ1v) is 6.13. The first kappa shape index (κ1) is 13.8. The third-order valence-electron chi connectivity index (χ3n) is 2.94. The number of nitrogens with zero attached hydrogens (tertiary/aromatic N) is 2. The second kappa shape index (κ2) is 6.01. The molecule has 0 radical (unpaired) electrons. The normalized spacial score (nSPS) is 11.8. The first-order valence-electron chi connectivity index (χ1n) is 6.13. The van der Waals surface area contributed by atoms with Gasteiger partial charge in [0, 0.05) is 13.2 Å². The maximum atomic E-state index is 12.1. The zero-order chi connectivity index (χ0) is 14.5. The van der Waals surface area contributed by atoms with Gasteiger partial charge in [-0.25, -0.2) is 0 Å². The van der Waals surface area contributed by atoms with E-state index in [2.05, 4.69) is 10.4 Å². The Morgan fingerprint density at radius 1 is 1.30 bits per heavy atom. The molecule has 20 heavy (non-hydrogen) atoms. The lowest BCUT2D eigenvalue weighted by atomic mass is 10.0. The molecule has 0 fully saturated rings. The average molecular weight is 273 g/mol. The van der Waals surface area contributed by atoms with Crippen LogP contribution >= 0.6 is 0 Å². The minimum absolute atomic E-state index is 0.173. The van der Waals surface area contributed by atoms with Gasteiger partial charge in [0.05, 0.1) is 12.5 Å². The Morgan fingerprint density at radius 3 is 2.55 bits per heavy atom. The van der Waals surface area contributed by atoms with Crippen LogP contribution in [0.25, 0.3) is 0 Å². The molecule has 104 valence electrons. The summed E-state index contributed by atoms with van der Waals surface area (Å²) in [7, 11) is 1.66. The summed E-state index contributed by atoms with van der Waals surface area (Å²) in [5.41, 5.74) is 1.14. The lowest BCUT2D eigenvalue weighted by molar-refractivity contribution is -0.137. The van der Waals surface area contributed by atoms with Crippen molar-refractivity contribution in [3.05, 3.63) is 53.9 Å². The van der Waals surface area contributed by atoms with Crippen molar-refractivity contribution in [2.24, 2.45) is 7.05 Å². The minimum atomic E-state index is -0.968. The number of aryl methyl sites for hydroxylation is 1. The number of rotatable bonds is 5. The van der Waals surface area contributed by atoms with E-state index in [-0.39, 0.29) is 12.3 Å². The molecule has 1 aromatic carbocycles. The number of carbonyl (C=O) groups is 2. The number of benzene rings is 1. The van der Waals surface area contributed by atoms with Crippen molar-refractivity contribution in [2.75, 3.05) is 0 Å². The number of carboxylic acid groups (broad SMARTS) is 1. The van der Waals surface area contributed by atoms with Crippen LogP contribution in [0, 0.1) is 0 Å². The van der Waals surface area contributed by atoms with Crippen molar-refractivity contribution in [3.8, 4) is 0 Å². The van der Waals surface area contributed by atoms with Crippen LogP contribution in [0.1, 0.15) is 28.5 Å². The standard InChI is InChI=1S/C14H15N3O3/c1-17-12(7-8-15-17)14(20)16-11(9-13(18)19)10-5-3-2-4-6-10/h2-8,11H,9H2,1H3,(H,16,20)(H,18,19). The van der Waals surface area contributed by atoms with Crippen molar-refractivity contribution >= 4 is 11.9 Å². The highest BCUT2D eigenvalue weighted by atomic mass is 16.4. The largest absolute Gasteiger partial charge is 0.481 e. The summed E-state index contributed by atoms with van der Waals surface area (Å²) in [6.07, 6.45) is 1.34. The fourth-order valence-corrected chi connectivity index (χ4v) is 1.94. The molecular formula is C14H15N3O3. The fourth-order valence-electron chi connectivity index (χ4n) is 1.94. The highest BCUT2D eigenvalue weighted by Gasteiger charge is 2.20. The molecule has 0 aliphatic rings. The summed E-state index contributed by atoms with van der Waals surface area (Å²) < 4.78 is 1.44. The van der Waals surface area contributed by atoms with E-state index in [0.717, 1.165) is 5.56 Å². The van der Waals surface area contributed by atoms with Crippen LogP contribution < -0.4 is 5.32 Å². The van der Waals surface area contributed by atoms with E-state index in [4.69, 9.17) is 5.11 Å². The lowest BCUT2D eigenvalue weighted by Crippen LogP contribution is -2.31. The SMILES string of the molecule is Cn1nccc1C(=O)NC(CC(=O)O)c1ccccc1. The Kier molecular flexibility index (Phi) is 4.14. The molecule has 1 aromatic heterocycles. The summed E-state index contributed by atoms with van der Waals surface area (Å²) >= 11 is 0. The van der Waals surface area contributed by atoms with Gasteiger partial charge in [-0.2, -0.15) is 5.10 Å². The van der Waals surface area contributed by atoms with Crippen LogP contribution in [-0.4, -0.2) is 26.8 Å². The molecule has 0 aliphatic heterocycles. The molecule has 0 bridgehead atoms. The maximum absolute atomic E-state index is 12.1. The molecule has 0 saturated carbocycles. The third-order valence-corrected chi connectivity index (χ3v) is 2.94. The number of hydrogen-bond donors (Lipinski definition) is 2. The topological polar surface area (TPSA) is 84.2 Å². The number of nitrogens with one attached hydrogen (secondary N) is 1. The minimum Gasteiger partial charge on any atom is -0.481 e. The van der Waals surface area contributed by atoms with Gasteiger partial charge in [-0.15, -0.1) is 0 Å². The highest BCUT2D eigenvalue weighted by Crippen LogP contribution is 2.17. The van der Waals surface area contributed by atoms with Crippen molar-refractivity contribution in [2.45, 2.75) is 12.5 Å². The van der Waals surface area contributed by atoms with Gasteiger partial charge in [-0.1, -0.05) is 30.3 Å². The van der Waals surface area contributed by atoms with Crippen molar-refractivity contribution in [1.29, 1.82) is 0 Å². The molecule has 1 unspecified atom stereocenters. The van der Waals surface area contributed by atoms with Crippen LogP contribution in [0.15, 0.2) is 42.6 Å². The van der Waals surface area contributed by atoms with E-state index in [1.807, 2.05) is 6.07 Å². The van der Waals surface area contributed by atoms with E-state index in [1.165, 1.54) is 10.9 Å². The molecule has 6 heteroatoms. The number of amides is 1. The van der Waals surface area contributed by atoms with E-state index in [1.54, 1.807) is 37.4 Å². The predicted molar refractivity (Wildman–Crippen MR) is 72.1 cm³/mol. The molecule has 0 aliphatic carbocycles. The molecule has 1 atom stereocenters. The van der Waals surface area contributed by atoms with Crippen molar-refractivity contribution in [3.63, 3.8) is 0 Å². The average Bonchev–Trinajstić information content (AvgIpc) is 2.85. The van der Waals surface area contributed by atoms with E-state index >= 15 is 0 Å². The second-order valence-electron chi connectivity index (χ2n) is 4.37. The third kappa shape index (κ3) is 3.23. The molecule has 2 N–H and O–H groups in total. The molecule has 0 saturated heterocycles. The summed E-state index contributed by atoms with van der Waals surface area (Å²) in [4.78, 5) is 23.1. The number of hydrogen-bond acceptors (Lipinski definition) is 3. The zero-order valence-corrected chi connectivity index (χ0v) is 11.0. The quantitative estimate of drug-likeness (QED) is 0.861. The second-order valence-corrected chi connectivity index (χ2v) is 4.37. The van der Waals surface area contributed by atoms with Gasteiger partial charge < -0.3 is 10.4 Å². The monoisotopic (exact) mass is 273 g/mol. The predicted octanol–water partition coefficient (Wildman–Crippen LogP) is 1.37. The number of carboxylic acids is 1. The van der Waals surface area contributed by atoms with E-state index in [0.29, 0.717) is 5.69 Å². The van der Waals surface area contributed by atoms with Crippen LogP contribution in [0.2, 0.25) is 0 Å². The molecule has 6 nitrogen and oxygen atoms in total. The maximum Gasteiger partial charge on any atom is 0.305 e. The highest BCUT2D eigenvalue weighted by molar-refractivity contribution is 5.93. The summed E-state index contributed by atoms with van der Waals surface area (Å²) in [5.74, 6) is -1.32. The molecule has 2 aromatic rings. The van der Waals surface area contributed by atoms with Crippen LogP contribution in [0.4, 0.5) is 0 Å². The van der Waals surface area contributed by atoms with Crippen LogP contribution in [-0.2, 0) is 11.8 Å². The summed E-state index contributed by atoms with van der Waals surface area (Å²) in [5, 5.41) is 15.6. The Morgan fingerprint density at radius 2 is 2.00 bits per heavy atom. The number of carbonyl (C=O) groups excluding carboxylic acids is 1. The van der Waals surface area contributed by atoms with Gasteiger partial charge in [0.25, 0.3) is 5.91 Å². The summed E-state index contributed by atoms with van der Waals surface area (Å²) in [6.45, 7) is 0. The number of aliphatic carboxylic acids is 1. The van der Waals surface area contributed by atoms with Crippen molar-refractivity contribution in [1.82, 2.24) is 15.1 Å². The molecule has 0 spiro atoms. The van der Waals surface area contributed by atoms with Crippen LogP contribution in [0.3, 0.4) is 0 Å². The number of aromatic nitrogens is 2. The van der Waals surface area contributed by atoms with Crippen molar-refractivity contribution < 1.29 is 14.7 Å². The molecule has 1 heterocycles. The summed E-state index contributed by atoms with van der Waals surface area (Å²) in [6, 6.07) is 10.0. The van der Waals surface area contributed by atoms with Gasteiger partial charge in [-0.3, -0.25) is 14.3 Å². The molecule has 2 rings (SSSR count). The Bertz CT molecular complexity index is 607. The van der Waals surface area contributed by atoms with Gasteiger partial charge in [0.15, 0.2) is 0 Å². The molecule has 1 amide bonds.